The average molecular weight is 368 g/mol. The molecule has 2 fully saturated rings. The molecule has 2 saturated heterocycles. The maximum Gasteiger partial charge on any atom is 0.276 e. The van der Waals surface area contributed by atoms with Gasteiger partial charge in [-0.05, 0) is 50.0 Å². The minimum Gasteiger partial charge on any atom is -0.376 e. The molecule has 0 radical (unpaired) electrons. The molecule has 0 spiro atoms. The van der Waals surface area contributed by atoms with Crippen LogP contribution in [-0.4, -0.2) is 51.6 Å². The van der Waals surface area contributed by atoms with Crippen LogP contribution in [0.25, 0.3) is 0 Å². The Morgan fingerprint density at radius 3 is 2.70 bits per heavy atom. The first-order valence-electron chi connectivity index (χ1n) is 10.1. The van der Waals surface area contributed by atoms with Gasteiger partial charge in [-0.1, -0.05) is 35.5 Å². The van der Waals surface area contributed by atoms with Gasteiger partial charge in [-0.25, -0.2) is 4.68 Å². The van der Waals surface area contributed by atoms with Crippen LogP contribution in [0.1, 0.15) is 48.2 Å². The summed E-state index contributed by atoms with van der Waals surface area (Å²) in [5.74, 6) is 0.708. The van der Waals surface area contributed by atoms with Crippen molar-refractivity contribution in [1.82, 2.24) is 19.9 Å². The average Bonchev–Trinajstić information content (AvgIpc) is 3.40. The second-order valence-electron chi connectivity index (χ2n) is 7.72. The molecule has 2 aromatic rings. The summed E-state index contributed by atoms with van der Waals surface area (Å²) in [5, 5.41) is 8.21. The van der Waals surface area contributed by atoms with Gasteiger partial charge in [0.05, 0.1) is 18.8 Å². The molecule has 2 aliphatic heterocycles. The molecule has 4 rings (SSSR count). The number of rotatable bonds is 6. The molecule has 1 amide bonds. The van der Waals surface area contributed by atoms with E-state index < -0.39 is 0 Å². The van der Waals surface area contributed by atoms with Crippen LogP contribution in [0.5, 0.6) is 0 Å². The number of aryl methyl sites for hydroxylation is 1. The molecule has 1 aromatic heterocycles. The standard InChI is InChI=1S/C21H28N4O2/c26-21(20-16-25(23-22-20)15-19-7-4-14-27-19)24-12-10-18(11-13-24)9-8-17-5-2-1-3-6-17/h1-3,5-6,16,18-19H,4,7-15H2/t19-/m1/s1. The number of ether oxygens (including phenoxy) is 1. The fraction of sp³-hybridized carbons (Fsp3) is 0.571. The normalized spacial score (nSPS) is 20.9. The second-order valence-corrected chi connectivity index (χ2v) is 7.72. The number of carbonyl (C=O) groups is 1. The molecule has 0 N–H and O–H groups in total. The monoisotopic (exact) mass is 368 g/mol. The minimum absolute atomic E-state index is 0.00935. The molecule has 0 unspecified atom stereocenters. The summed E-state index contributed by atoms with van der Waals surface area (Å²) in [7, 11) is 0. The lowest BCUT2D eigenvalue weighted by molar-refractivity contribution is 0.0680. The van der Waals surface area contributed by atoms with Gasteiger partial charge in [0.1, 0.15) is 0 Å². The van der Waals surface area contributed by atoms with Crippen molar-refractivity contribution >= 4 is 5.91 Å². The van der Waals surface area contributed by atoms with E-state index in [1.165, 1.54) is 12.0 Å². The number of benzene rings is 1. The highest BCUT2D eigenvalue weighted by molar-refractivity contribution is 5.91. The Morgan fingerprint density at radius 2 is 1.96 bits per heavy atom. The number of likely N-dealkylation sites (tertiary alicyclic amines) is 1. The van der Waals surface area contributed by atoms with E-state index in [4.69, 9.17) is 4.74 Å². The quantitative estimate of drug-likeness (QED) is 0.787. The van der Waals surface area contributed by atoms with E-state index in [0.29, 0.717) is 18.2 Å². The zero-order valence-electron chi connectivity index (χ0n) is 15.8. The number of piperidine rings is 1. The van der Waals surface area contributed by atoms with Gasteiger partial charge in [0.15, 0.2) is 5.69 Å². The van der Waals surface area contributed by atoms with Crippen molar-refractivity contribution in [2.75, 3.05) is 19.7 Å². The minimum atomic E-state index is 0.00935. The number of hydrogen-bond donors (Lipinski definition) is 0. The van der Waals surface area contributed by atoms with Gasteiger partial charge < -0.3 is 9.64 Å². The molecular formula is C21H28N4O2. The molecule has 1 atom stereocenters. The molecule has 0 aliphatic carbocycles. The fourth-order valence-corrected chi connectivity index (χ4v) is 4.08. The van der Waals surface area contributed by atoms with Crippen LogP contribution in [0.3, 0.4) is 0 Å². The van der Waals surface area contributed by atoms with Crippen LogP contribution >= 0.6 is 0 Å². The summed E-state index contributed by atoms with van der Waals surface area (Å²) in [5.41, 5.74) is 1.86. The van der Waals surface area contributed by atoms with E-state index in [-0.39, 0.29) is 12.0 Å². The van der Waals surface area contributed by atoms with Crippen molar-refractivity contribution < 1.29 is 9.53 Å². The molecular weight excluding hydrogens is 340 g/mol. The zero-order chi connectivity index (χ0) is 18.5. The number of amides is 1. The number of aromatic nitrogens is 3. The number of hydrogen-bond acceptors (Lipinski definition) is 4. The fourth-order valence-electron chi connectivity index (χ4n) is 4.08. The largest absolute Gasteiger partial charge is 0.376 e. The lowest BCUT2D eigenvalue weighted by Crippen LogP contribution is -2.38. The first kappa shape index (κ1) is 18.2. The van der Waals surface area contributed by atoms with E-state index in [1.54, 1.807) is 10.9 Å². The Labute approximate surface area is 160 Å². The van der Waals surface area contributed by atoms with E-state index in [2.05, 4.69) is 40.6 Å². The van der Waals surface area contributed by atoms with Crippen LogP contribution in [-0.2, 0) is 17.7 Å². The van der Waals surface area contributed by atoms with E-state index in [0.717, 1.165) is 51.8 Å². The van der Waals surface area contributed by atoms with Gasteiger partial charge in [0.25, 0.3) is 5.91 Å². The Bertz CT molecular complexity index is 732. The van der Waals surface area contributed by atoms with Crippen molar-refractivity contribution in [2.24, 2.45) is 5.92 Å². The smallest absolute Gasteiger partial charge is 0.276 e. The zero-order valence-corrected chi connectivity index (χ0v) is 15.8. The SMILES string of the molecule is O=C(c1cn(C[C@H]2CCCO2)nn1)N1CCC(CCc2ccccc2)CC1. The first-order chi connectivity index (χ1) is 13.3. The highest BCUT2D eigenvalue weighted by Crippen LogP contribution is 2.23. The summed E-state index contributed by atoms with van der Waals surface area (Å²) in [6, 6.07) is 10.6. The first-order valence-corrected chi connectivity index (χ1v) is 10.1. The van der Waals surface area contributed by atoms with Crippen molar-refractivity contribution in [2.45, 2.75) is 51.2 Å². The van der Waals surface area contributed by atoms with Gasteiger partial charge >= 0.3 is 0 Å². The van der Waals surface area contributed by atoms with Crippen LogP contribution < -0.4 is 0 Å². The predicted octanol–water partition coefficient (Wildman–Crippen LogP) is 2.94. The van der Waals surface area contributed by atoms with Crippen LogP contribution in [0, 0.1) is 5.92 Å². The highest BCUT2D eigenvalue weighted by atomic mass is 16.5. The Balaban J connectivity index is 1.24. The molecule has 1 aromatic carbocycles. The summed E-state index contributed by atoms with van der Waals surface area (Å²) < 4.78 is 7.37. The van der Waals surface area contributed by atoms with Crippen molar-refractivity contribution in [3.05, 3.63) is 47.8 Å². The second kappa shape index (κ2) is 8.65. The number of carbonyl (C=O) groups excluding carboxylic acids is 1. The van der Waals surface area contributed by atoms with Crippen LogP contribution in [0.15, 0.2) is 36.5 Å². The molecule has 3 heterocycles. The predicted molar refractivity (Wildman–Crippen MR) is 102 cm³/mol. The third-order valence-corrected chi connectivity index (χ3v) is 5.76. The summed E-state index contributed by atoms with van der Waals surface area (Å²) >= 11 is 0. The van der Waals surface area contributed by atoms with Crippen molar-refractivity contribution in [3.63, 3.8) is 0 Å². The third-order valence-electron chi connectivity index (χ3n) is 5.76. The van der Waals surface area contributed by atoms with E-state index >= 15 is 0 Å². The van der Waals surface area contributed by atoms with Gasteiger partial charge in [0.2, 0.25) is 0 Å². The van der Waals surface area contributed by atoms with Gasteiger partial charge in [0, 0.05) is 19.7 Å². The Kier molecular flexibility index (Phi) is 5.82. The third kappa shape index (κ3) is 4.75. The van der Waals surface area contributed by atoms with Crippen molar-refractivity contribution in [1.29, 1.82) is 0 Å². The van der Waals surface area contributed by atoms with E-state index in [1.807, 2.05) is 4.90 Å². The summed E-state index contributed by atoms with van der Waals surface area (Å²) in [4.78, 5) is 14.6. The van der Waals surface area contributed by atoms with Crippen LogP contribution in [0.4, 0.5) is 0 Å². The molecule has 6 nitrogen and oxygen atoms in total. The van der Waals surface area contributed by atoms with Gasteiger partial charge in [-0.15, -0.1) is 5.10 Å². The molecule has 6 heteroatoms. The maximum absolute atomic E-state index is 12.7. The van der Waals surface area contributed by atoms with Crippen LogP contribution in [0.2, 0.25) is 0 Å². The molecule has 0 saturated carbocycles. The molecule has 27 heavy (non-hydrogen) atoms. The lowest BCUT2D eigenvalue weighted by atomic mass is 9.90. The van der Waals surface area contributed by atoms with Gasteiger partial charge in [-0.2, -0.15) is 0 Å². The van der Waals surface area contributed by atoms with Gasteiger partial charge in [-0.3, -0.25) is 4.79 Å². The highest BCUT2D eigenvalue weighted by Gasteiger charge is 2.25. The van der Waals surface area contributed by atoms with E-state index in [9.17, 15) is 4.79 Å². The number of nitrogens with zero attached hydrogens (tertiary/aromatic N) is 4. The molecule has 0 bridgehead atoms. The Hall–Kier alpha value is -2.21. The Morgan fingerprint density at radius 1 is 1.15 bits per heavy atom. The molecule has 2 aliphatic rings. The summed E-state index contributed by atoms with van der Waals surface area (Å²) in [6.45, 7) is 3.14. The topological polar surface area (TPSA) is 60.3 Å². The van der Waals surface area contributed by atoms with Crippen molar-refractivity contribution in [3.8, 4) is 0 Å². The molecule has 144 valence electrons. The lowest BCUT2D eigenvalue weighted by Gasteiger charge is -2.31. The summed E-state index contributed by atoms with van der Waals surface area (Å²) in [6.07, 6.45) is 8.59. The maximum atomic E-state index is 12.7.